The minimum atomic E-state index is -0.262. The van der Waals surface area contributed by atoms with Gasteiger partial charge in [-0.3, -0.25) is 4.98 Å². The summed E-state index contributed by atoms with van der Waals surface area (Å²) in [4.78, 5) is 4.70. The summed E-state index contributed by atoms with van der Waals surface area (Å²) in [6.07, 6.45) is 1.91. The molecule has 0 N–H and O–H groups in total. The number of pyridine rings is 1. The van der Waals surface area contributed by atoms with E-state index >= 15 is 0 Å². The van der Waals surface area contributed by atoms with Crippen molar-refractivity contribution in [1.29, 1.82) is 0 Å². The first-order valence-corrected chi connectivity index (χ1v) is 12.1. The summed E-state index contributed by atoms with van der Waals surface area (Å²) >= 11 is 0. The number of aryl methyl sites for hydroxylation is 2. The summed E-state index contributed by atoms with van der Waals surface area (Å²) in [5.41, 5.74) is 8.31. The van der Waals surface area contributed by atoms with Crippen LogP contribution in [0.1, 0.15) is 37.8 Å². The van der Waals surface area contributed by atoms with Crippen molar-refractivity contribution in [3.05, 3.63) is 89.9 Å². The topological polar surface area (TPSA) is 65.0 Å². The largest absolute Gasteiger partial charge is 0.454 e. The Morgan fingerprint density at radius 3 is 2.19 bits per heavy atom. The molecule has 36 heavy (non-hydrogen) atoms. The van der Waals surface area contributed by atoms with Crippen LogP contribution in [0.3, 0.4) is 0 Å². The smallest absolute Gasteiger partial charge is 0.252 e. The highest BCUT2D eigenvalue weighted by atomic mass is 16.4. The van der Waals surface area contributed by atoms with E-state index in [1.54, 1.807) is 0 Å². The summed E-state index contributed by atoms with van der Waals surface area (Å²) < 4.78 is 12.9. The van der Waals surface area contributed by atoms with E-state index in [2.05, 4.69) is 93.3 Å². The van der Waals surface area contributed by atoms with Gasteiger partial charge in [-0.1, -0.05) is 69.3 Å². The molecule has 0 atom stereocenters. The predicted molar refractivity (Wildman–Crippen MR) is 144 cm³/mol. The second-order valence-corrected chi connectivity index (χ2v) is 10.3. The molecule has 3 aromatic carbocycles. The summed E-state index contributed by atoms with van der Waals surface area (Å²) in [6, 6.07) is 22.8. The van der Waals surface area contributed by atoms with Crippen LogP contribution in [-0.2, 0) is 5.41 Å². The average Bonchev–Trinajstić information content (AvgIpc) is 3.51. The molecule has 5 heteroatoms. The Kier molecular flexibility index (Phi) is 5.04. The number of hydrogen-bond donors (Lipinski definition) is 0. The van der Waals surface area contributed by atoms with Crippen LogP contribution in [0, 0.1) is 13.8 Å². The summed E-state index contributed by atoms with van der Waals surface area (Å²) in [5, 5.41) is 10.9. The molecule has 3 aromatic heterocycles. The third kappa shape index (κ3) is 3.59. The molecule has 0 aliphatic carbocycles. The van der Waals surface area contributed by atoms with E-state index in [9.17, 15) is 0 Å². The van der Waals surface area contributed by atoms with E-state index in [4.69, 9.17) is 13.8 Å². The molecular formula is C31H27N3O2. The van der Waals surface area contributed by atoms with Crippen molar-refractivity contribution in [2.75, 3.05) is 0 Å². The number of hydrogen-bond acceptors (Lipinski definition) is 5. The van der Waals surface area contributed by atoms with Crippen molar-refractivity contribution in [2.24, 2.45) is 0 Å². The van der Waals surface area contributed by atoms with Crippen molar-refractivity contribution in [3.63, 3.8) is 0 Å². The zero-order chi connectivity index (χ0) is 25.0. The number of nitrogens with zero attached hydrogens (tertiary/aromatic N) is 3. The maximum atomic E-state index is 6.68. The normalized spacial score (nSPS) is 12.0. The van der Waals surface area contributed by atoms with Crippen LogP contribution < -0.4 is 0 Å². The van der Waals surface area contributed by atoms with Gasteiger partial charge in [-0.15, -0.1) is 10.2 Å². The van der Waals surface area contributed by atoms with E-state index in [1.165, 1.54) is 5.56 Å². The van der Waals surface area contributed by atoms with Gasteiger partial charge in [-0.2, -0.15) is 0 Å². The lowest BCUT2D eigenvalue weighted by molar-refractivity contribution is 0.399. The first kappa shape index (κ1) is 22.2. The molecule has 0 saturated heterocycles. The first-order valence-electron chi connectivity index (χ1n) is 12.1. The maximum absolute atomic E-state index is 6.68. The van der Waals surface area contributed by atoms with E-state index < -0.39 is 0 Å². The minimum Gasteiger partial charge on any atom is -0.454 e. The van der Waals surface area contributed by atoms with Crippen LogP contribution in [0.5, 0.6) is 0 Å². The van der Waals surface area contributed by atoms with Gasteiger partial charge in [0.2, 0.25) is 5.89 Å². The lowest BCUT2D eigenvalue weighted by Crippen LogP contribution is -2.11. The van der Waals surface area contributed by atoms with E-state index in [0.717, 1.165) is 55.4 Å². The summed E-state index contributed by atoms with van der Waals surface area (Å²) in [7, 11) is 0. The molecule has 0 fully saturated rings. The van der Waals surface area contributed by atoms with Gasteiger partial charge < -0.3 is 8.83 Å². The third-order valence-corrected chi connectivity index (χ3v) is 6.68. The SMILES string of the molecule is Cc1cnc(-c2cccc3c2oc2c(-c4nnc(C(C)(C)C)o4)c(-c4ccccc4)ccc23)cc1C. The highest BCUT2D eigenvalue weighted by Gasteiger charge is 2.26. The monoisotopic (exact) mass is 473 g/mol. The van der Waals surface area contributed by atoms with E-state index in [-0.39, 0.29) is 5.41 Å². The number of rotatable bonds is 3. The van der Waals surface area contributed by atoms with Crippen LogP contribution in [-0.4, -0.2) is 15.2 Å². The molecule has 0 aliphatic rings. The first-order chi connectivity index (χ1) is 17.3. The zero-order valence-corrected chi connectivity index (χ0v) is 21.1. The van der Waals surface area contributed by atoms with Gasteiger partial charge in [-0.25, -0.2) is 0 Å². The van der Waals surface area contributed by atoms with Crippen molar-refractivity contribution in [2.45, 2.75) is 40.0 Å². The number of fused-ring (bicyclic) bond motifs is 3. The standard InChI is InChI=1S/C31H27N3O2/c1-18-16-25(32-17-19(18)2)24-13-9-12-22-23-15-14-21(20-10-7-6-8-11-20)26(28(23)35-27(22)24)29-33-34-30(36-29)31(3,4)5/h6-17H,1-5H3. The van der Waals surface area contributed by atoms with Crippen LogP contribution in [0.25, 0.3) is 55.8 Å². The van der Waals surface area contributed by atoms with E-state index in [1.807, 2.05) is 24.4 Å². The van der Waals surface area contributed by atoms with Crippen molar-refractivity contribution in [3.8, 4) is 33.8 Å². The maximum Gasteiger partial charge on any atom is 0.252 e. The van der Waals surface area contributed by atoms with Crippen LogP contribution >= 0.6 is 0 Å². The Bertz CT molecular complexity index is 1740. The van der Waals surface area contributed by atoms with Gasteiger partial charge in [0.05, 0.1) is 11.3 Å². The van der Waals surface area contributed by atoms with Crippen molar-refractivity contribution in [1.82, 2.24) is 15.2 Å². The molecule has 0 bridgehead atoms. The lowest BCUT2D eigenvalue weighted by Gasteiger charge is -2.11. The van der Waals surface area contributed by atoms with Gasteiger partial charge in [0.25, 0.3) is 5.89 Å². The highest BCUT2D eigenvalue weighted by Crippen LogP contribution is 2.44. The van der Waals surface area contributed by atoms with Gasteiger partial charge in [0.1, 0.15) is 11.2 Å². The van der Waals surface area contributed by atoms with Gasteiger partial charge >= 0.3 is 0 Å². The van der Waals surface area contributed by atoms with Crippen LogP contribution in [0.2, 0.25) is 0 Å². The number of para-hydroxylation sites is 1. The number of benzene rings is 3. The van der Waals surface area contributed by atoms with Gasteiger partial charge in [-0.05, 0) is 54.3 Å². The number of aromatic nitrogens is 3. The average molecular weight is 474 g/mol. The summed E-state index contributed by atoms with van der Waals surface area (Å²) in [6.45, 7) is 10.4. The van der Waals surface area contributed by atoms with Gasteiger partial charge in [0.15, 0.2) is 0 Å². The molecule has 6 rings (SSSR count). The van der Waals surface area contributed by atoms with Crippen molar-refractivity contribution < 1.29 is 8.83 Å². The Morgan fingerprint density at radius 1 is 0.694 bits per heavy atom. The highest BCUT2D eigenvalue weighted by molar-refractivity contribution is 6.14. The Hall–Kier alpha value is -4.25. The lowest BCUT2D eigenvalue weighted by atomic mass is 9.96. The molecule has 0 aliphatic heterocycles. The fraction of sp³-hybridized carbons (Fsp3) is 0.194. The Morgan fingerprint density at radius 2 is 1.47 bits per heavy atom. The molecule has 0 unspecified atom stereocenters. The molecule has 178 valence electrons. The molecule has 0 saturated carbocycles. The molecule has 0 spiro atoms. The number of furan rings is 1. The third-order valence-electron chi connectivity index (χ3n) is 6.68. The van der Waals surface area contributed by atoms with Gasteiger partial charge in [0, 0.05) is 27.9 Å². The van der Waals surface area contributed by atoms with E-state index in [0.29, 0.717) is 11.8 Å². The zero-order valence-electron chi connectivity index (χ0n) is 21.1. The predicted octanol–water partition coefficient (Wildman–Crippen LogP) is 8.28. The van der Waals surface area contributed by atoms with Crippen molar-refractivity contribution >= 4 is 21.9 Å². The molecule has 0 amide bonds. The quantitative estimate of drug-likeness (QED) is 0.259. The molecule has 0 radical (unpaired) electrons. The minimum absolute atomic E-state index is 0.262. The summed E-state index contributed by atoms with van der Waals surface area (Å²) in [5.74, 6) is 1.04. The second-order valence-electron chi connectivity index (χ2n) is 10.3. The van der Waals surface area contributed by atoms with Crippen LogP contribution in [0.4, 0.5) is 0 Å². The fourth-order valence-electron chi connectivity index (χ4n) is 4.53. The Labute approximate surface area is 209 Å². The second kappa shape index (κ2) is 8.16. The molecule has 5 nitrogen and oxygen atoms in total. The fourth-order valence-corrected chi connectivity index (χ4v) is 4.53. The molecule has 6 aromatic rings. The molecular weight excluding hydrogens is 446 g/mol. The Balaban J connectivity index is 1.67. The van der Waals surface area contributed by atoms with Crippen LogP contribution in [0.15, 0.2) is 81.8 Å². The molecule has 3 heterocycles.